The standard InChI is InChI=1S/C13H8F3NO3/c14-13(15,16)8-2-1-3-9(6-8)20-11-7-17-5-4-10(11)12(18)19/h1-7H,(H,18,19). The third-order valence-corrected chi connectivity index (χ3v) is 2.40. The van der Waals surface area contributed by atoms with E-state index in [-0.39, 0.29) is 17.1 Å². The largest absolute Gasteiger partial charge is 0.478 e. The maximum Gasteiger partial charge on any atom is 0.416 e. The van der Waals surface area contributed by atoms with Crippen LogP contribution in [0, 0.1) is 0 Å². The number of hydrogen-bond donors (Lipinski definition) is 1. The van der Waals surface area contributed by atoms with E-state index >= 15 is 0 Å². The van der Waals surface area contributed by atoms with Crippen LogP contribution in [0.4, 0.5) is 13.2 Å². The van der Waals surface area contributed by atoms with Crippen LogP contribution in [0.3, 0.4) is 0 Å². The van der Waals surface area contributed by atoms with Gasteiger partial charge in [-0.15, -0.1) is 0 Å². The predicted octanol–water partition coefficient (Wildman–Crippen LogP) is 3.59. The Hall–Kier alpha value is -2.57. The fraction of sp³-hybridized carbons (Fsp3) is 0.0769. The molecule has 0 saturated heterocycles. The lowest BCUT2D eigenvalue weighted by atomic mass is 10.2. The van der Waals surface area contributed by atoms with Crippen LogP contribution in [0.25, 0.3) is 0 Å². The molecule has 0 unspecified atom stereocenters. The van der Waals surface area contributed by atoms with Crippen molar-refractivity contribution in [3.05, 3.63) is 53.9 Å². The first kappa shape index (κ1) is 13.9. The molecular weight excluding hydrogens is 275 g/mol. The number of carbonyl (C=O) groups is 1. The second-order valence-electron chi connectivity index (χ2n) is 3.80. The van der Waals surface area contributed by atoms with Crippen molar-refractivity contribution in [2.24, 2.45) is 0 Å². The summed E-state index contributed by atoms with van der Waals surface area (Å²) in [6.45, 7) is 0. The molecule has 1 aromatic heterocycles. The fourth-order valence-electron chi connectivity index (χ4n) is 1.50. The van der Waals surface area contributed by atoms with Crippen molar-refractivity contribution in [2.75, 3.05) is 0 Å². The quantitative estimate of drug-likeness (QED) is 0.935. The molecule has 0 aliphatic carbocycles. The lowest BCUT2D eigenvalue weighted by Crippen LogP contribution is -2.05. The van der Waals surface area contributed by atoms with Gasteiger partial charge in [0.1, 0.15) is 11.3 Å². The number of carboxylic acid groups (broad SMARTS) is 1. The zero-order valence-electron chi connectivity index (χ0n) is 9.89. The molecule has 2 rings (SSSR count). The number of benzene rings is 1. The summed E-state index contributed by atoms with van der Waals surface area (Å²) in [7, 11) is 0. The van der Waals surface area contributed by atoms with Crippen molar-refractivity contribution in [1.82, 2.24) is 4.98 Å². The molecule has 0 spiro atoms. The van der Waals surface area contributed by atoms with Crippen LogP contribution in [0.2, 0.25) is 0 Å². The van der Waals surface area contributed by atoms with Gasteiger partial charge in [0.15, 0.2) is 5.75 Å². The highest BCUT2D eigenvalue weighted by molar-refractivity contribution is 5.90. The molecule has 0 saturated carbocycles. The molecule has 0 radical (unpaired) electrons. The first-order chi connectivity index (χ1) is 9.38. The monoisotopic (exact) mass is 283 g/mol. The topological polar surface area (TPSA) is 59.4 Å². The molecule has 1 N–H and O–H groups in total. The number of rotatable bonds is 3. The minimum atomic E-state index is -4.50. The Balaban J connectivity index is 2.34. The maximum absolute atomic E-state index is 12.6. The number of pyridine rings is 1. The molecule has 0 amide bonds. The van der Waals surface area contributed by atoms with Crippen molar-refractivity contribution in [3.63, 3.8) is 0 Å². The Morgan fingerprint density at radius 3 is 2.65 bits per heavy atom. The summed E-state index contributed by atoms with van der Waals surface area (Å²) < 4.78 is 42.8. The van der Waals surface area contributed by atoms with E-state index in [2.05, 4.69) is 4.98 Å². The molecule has 0 fully saturated rings. The number of aromatic carboxylic acids is 1. The Labute approximate surface area is 111 Å². The summed E-state index contributed by atoms with van der Waals surface area (Å²) in [6, 6.07) is 5.36. The molecule has 1 aromatic carbocycles. The first-order valence-electron chi connectivity index (χ1n) is 5.40. The average Bonchev–Trinajstić information content (AvgIpc) is 2.38. The first-order valence-corrected chi connectivity index (χ1v) is 5.40. The van der Waals surface area contributed by atoms with Gasteiger partial charge >= 0.3 is 12.1 Å². The van der Waals surface area contributed by atoms with Gasteiger partial charge in [0.05, 0.1) is 11.8 Å². The molecule has 0 bridgehead atoms. The van der Waals surface area contributed by atoms with Crippen molar-refractivity contribution in [3.8, 4) is 11.5 Å². The smallest absolute Gasteiger partial charge is 0.416 e. The Morgan fingerprint density at radius 1 is 1.25 bits per heavy atom. The number of hydrogen-bond acceptors (Lipinski definition) is 3. The Morgan fingerprint density at radius 2 is 2.00 bits per heavy atom. The molecule has 2 aromatic rings. The van der Waals surface area contributed by atoms with E-state index in [0.29, 0.717) is 0 Å². The van der Waals surface area contributed by atoms with Crippen LogP contribution >= 0.6 is 0 Å². The van der Waals surface area contributed by atoms with E-state index in [1.165, 1.54) is 24.4 Å². The van der Waals surface area contributed by atoms with Gasteiger partial charge < -0.3 is 9.84 Å². The highest BCUT2D eigenvalue weighted by atomic mass is 19.4. The van der Waals surface area contributed by atoms with Crippen molar-refractivity contribution >= 4 is 5.97 Å². The number of aromatic nitrogens is 1. The zero-order chi connectivity index (χ0) is 14.8. The zero-order valence-corrected chi connectivity index (χ0v) is 9.89. The number of nitrogens with zero attached hydrogens (tertiary/aromatic N) is 1. The van der Waals surface area contributed by atoms with Gasteiger partial charge in [0.25, 0.3) is 0 Å². The summed E-state index contributed by atoms with van der Waals surface area (Å²) in [6.07, 6.45) is -2.11. The Kier molecular flexibility index (Phi) is 3.60. The van der Waals surface area contributed by atoms with E-state index in [1.807, 2.05) is 0 Å². The minimum absolute atomic E-state index is 0.115. The molecule has 0 aliphatic heterocycles. The molecule has 1 heterocycles. The van der Waals surface area contributed by atoms with Gasteiger partial charge in [-0.05, 0) is 24.3 Å². The van der Waals surface area contributed by atoms with Crippen LogP contribution in [0.5, 0.6) is 11.5 Å². The number of carboxylic acids is 1. The molecule has 20 heavy (non-hydrogen) atoms. The highest BCUT2D eigenvalue weighted by Gasteiger charge is 2.30. The van der Waals surface area contributed by atoms with Gasteiger partial charge in [0, 0.05) is 6.20 Å². The van der Waals surface area contributed by atoms with E-state index in [9.17, 15) is 18.0 Å². The van der Waals surface area contributed by atoms with Gasteiger partial charge in [0.2, 0.25) is 0 Å². The lowest BCUT2D eigenvalue weighted by molar-refractivity contribution is -0.137. The summed E-state index contributed by atoms with van der Waals surface area (Å²) >= 11 is 0. The van der Waals surface area contributed by atoms with Gasteiger partial charge in [-0.1, -0.05) is 6.07 Å². The van der Waals surface area contributed by atoms with Crippen molar-refractivity contribution in [1.29, 1.82) is 0 Å². The number of halogens is 3. The summed E-state index contributed by atoms with van der Waals surface area (Å²) in [5.41, 5.74) is -1.06. The SMILES string of the molecule is O=C(O)c1ccncc1Oc1cccc(C(F)(F)F)c1. The Bertz CT molecular complexity index is 641. The minimum Gasteiger partial charge on any atom is -0.478 e. The number of ether oxygens (including phenoxy) is 1. The molecule has 0 atom stereocenters. The van der Waals surface area contributed by atoms with E-state index in [1.54, 1.807) is 0 Å². The van der Waals surface area contributed by atoms with Crippen LogP contribution in [-0.2, 0) is 6.18 Å². The molecule has 7 heteroatoms. The summed E-state index contributed by atoms with van der Waals surface area (Å²) in [4.78, 5) is 14.6. The van der Waals surface area contributed by atoms with Crippen LogP contribution in [-0.4, -0.2) is 16.1 Å². The summed E-state index contributed by atoms with van der Waals surface area (Å²) in [5, 5.41) is 8.94. The van der Waals surface area contributed by atoms with Crippen molar-refractivity contribution < 1.29 is 27.8 Å². The second-order valence-corrected chi connectivity index (χ2v) is 3.80. The normalized spacial score (nSPS) is 11.2. The number of alkyl halides is 3. The fourth-order valence-corrected chi connectivity index (χ4v) is 1.50. The van der Waals surface area contributed by atoms with E-state index in [4.69, 9.17) is 9.84 Å². The van der Waals surface area contributed by atoms with Gasteiger partial charge in [-0.2, -0.15) is 13.2 Å². The molecule has 0 aliphatic rings. The third-order valence-electron chi connectivity index (χ3n) is 2.40. The lowest BCUT2D eigenvalue weighted by Gasteiger charge is -2.11. The van der Waals surface area contributed by atoms with Crippen LogP contribution in [0.1, 0.15) is 15.9 Å². The molecular formula is C13H8F3NO3. The maximum atomic E-state index is 12.6. The van der Waals surface area contributed by atoms with E-state index < -0.39 is 17.7 Å². The highest BCUT2D eigenvalue weighted by Crippen LogP contribution is 2.33. The van der Waals surface area contributed by atoms with E-state index in [0.717, 1.165) is 18.3 Å². The van der Waals surface area contributed by atoms with Crippen molar-refractivity contribution in [2.45, 2.75) is 6.18 Å². The van der Waals surface area contributed by atoms with Gasteiger partial charge in [-0.25, -0.2) is 4.79 Å². The van der Waals surface area contributed by atoms with Crippen LogP contribution in [0.15, 0.2) is 42.7 Å². The average molecular weight is 283 g/mol. The molecule has 4 nitrogen and oxygen atoms in total. The van der Waals surface area contributed by atoms with Crippen LogP contribution < -0.4 is 4.74 Å². The molecule has 104 valence electrons. The summed E-state index contributed by atoms with van der Waals surface area (Å²) in [5.74, 6) is -1.50. The van der Waals surface area contributed by atoms with Gasteiger partial charge in [-0.3, -0.25) is 4.98 Å². The third kappa shape index (κ3) is 3.05. The predicted molar refractivity (Wildman–Crippen MR) is 62.7 cm³/mol. The second kappa shape index (κ2) is 5.20.